The van der Waals surface area contributed by atoms with Gasteiger partial charge in [-0.3, -0.25) is 5.26 Å². The predicted molar refractivity (Wildman–Crippen MR) is 49.2 cm³/mol. The molecule has 5 heteroatoms. The molecule has 72 valence electrons. The minimum Gasteiger partial charge on any atom is -0.262 e. The zero-order valence-electron chi connectivity index (χ0n) is 6.26. The van der Waals surface area contributed by atoms with Crippen LogP contribution in [0.15, 0.2) is 18.2 Å². The van der Waals surface area contributed by atoms with Crippen molar-refractivity contribution in [3.05, 3.63) is 35.4 Å². The van der Waals surface area contributed by atoms with Crippen molar-refractivity contribution in [2.75, 3.05) is 0 Å². The van der Waals surface area contributed by atoms with Gasteiger partial charge in [-0.25, -0.2) is 5.26 Å². The zero-order chi connectivity index (χ0) is 7.40. The molecule has 0 radical (unpaired) electrons. The Morgan fingerprint density at radius 1 is 1.15 bits per heavy atom. The molecule has 0 aliphatic rings. The van der Waals surface area contributed by atoms with Crippen molar-refractivity contribution >= 4 is 24.8 Å². The number of rotatable bonds is 0. The van der Waals surface area contributed by atoms with Crippen LogP contribution in [-0.2, 0) is 20.4 Å². The second-order valence-corrected chi connectivity index (χ2v) is 1.68. The Morgan fingerprint density at radius 2 is 1.77 bits per heavy atom. The summed E-state index contributed by atoms with van der Waals surface area (Å²) in [7, 11) is 0. The monoisotopic (exact) mass is 305 g/mol. The molecule has 2 nitrogen and oxygen atoms in total. The van der Waals surface area contributed by atoms with E-state index in [4.69, 9.17) is 10.5 Å². The van der Waals surface area contributed by atoms with Crippen LogP contribution in [0.1, 0.15) is 11.1 Å². The molecule has 1 aromatic rings. The molecule has 13 heavy (non-hydrogen) atoms. The normalized spacial score (nSPS) is 6.00. The van der Waals surface area contributed by atoms with Crippen LogP contribution in [0, 0.1) is 28.7 Å². The number of benzene rings is 1. The number of nitriles is 2. The van der Waals surface area contributed by atoms with Crippen molar-refractivity contribution in [2.24, 2.45) is 0 Å². The summed E-state index contributed by atoms with van der Waals surface area (Å²) in [6.45, 7) is 0. The number of hydrogen-bond donors (Lipinski definition) is 0. The van der Waals surface area contributed by atoms with E-state index < -0.39 is 0 Å². The van der Waals surface area contributed by atoms with Crippen LogP contribution >= 0.6 is 24.8 Å². The van der Waals surface area contributed by atoms with E-state index in [0.717, 1.165) is 0 Å². The Labute approximate surface area is 103 Å². The van der Waals surface area contributed by atoms with Crippen LogP contribution in [-0.4, -0.2) is 0 Å². The van der Waals surface area contributed by atoms with Crippen LogP contribution in [0.2, 0.25) is 0 Å². The maximum atomic E-state index is 8.43. The van der Waals surface area contributed by atoms with Gasteiger partial charge in [-0.15, -0.1) is 49.1 Å². The molecule has 0 aliphatic carbocycles. The fraction of sp³-hybridized carbons (Fsp3) is 0. The van der Waals surface area contributed by atoms with Crippen LogP contribution in [0.25, 0.3) is 0 Å². The predicted octanol–water partition coefficient (Wildman–Crippen LogP) is 2.07. The van der Waals surface area contributed by atoms with Crippen molar-refractivity contribution in [2.45, 2.75) is 0 Å². The van der Waals surface area contributed by atoms with E-state index in [2.05, 4.69) is 6.07 Å². The Hall–Kier alpha value is -0.558. The van der Waals surface area contributed by atoms with E-state index in [9.17, 15) is 0 Å². The minimum atomic E-state index is 0. The van der Waals surface area contributed by atoms with Gasteiger partial charge in [0, 0.05) is 26.5 Å². The van der Waals surface area contributed by atoms with Crippen LogP contribution in [0.5, 0.6) is 0 Å². The maximum Gasteiger partial charge on any atom is 0.0481 e. The molecular formula is C8H5Cl2N2Pd-. The Morgan fingerprint density at radius 3 is 2.15 bits per heavy atom. The first-order valence-electron chi connectivity index (χ1n) is 2.69. The second kappa shape index (κ2) is 9.53. The summed E-state index contributed by atoms with van der Waals surface area (Å²) in [5.74, 6) is 0. The molecule has 0 amide bonds. The molecular weight excluding hydrogens is 301 g/mol. The average Bonchev–Trinajstić information content (AvgIpc) is 2.04. The molecule has 0 spiro atoms. The van der Waals surface area contributed by atoms with E-state index in [-0.39, 0.29) is 45.2 Å². The van der Waals surface area contributed by atoms with Gasteiger partial charge in [0.1, 0.15) is 0 Å². The van der Waals surface area contributed by atoms with E-state index in [1.165, 1.54) is 0 Å². The molecule has 1 aromatic carbocycles. The van der Waals surface area contributed by atoms with E-state index in [0.29, 0.717) is 11.1 Å². The van der Waals surface area contributed by atoms with E-state index >= 15 is 0 Å². The molecule has 0 N–H and O–H groups in total. The van der Waals surface area contributed by atoms with Crippen molar-refractivity contribution in [1.29, 1.82) is 10.5 Å². The summed E-state index contributed by atoms with van der Waals surface area (Å²) < 4.78 is 0. The van der Waals surface area contributed by atoms with E-state index in [1.54, 1.807) is 18.2 Å². The van der Waals surface area contributed by atoms with Crippen LogP contribution in [0.3, 0.4) is 0 Å². The number of halogens is 2. The van der Waals surface area contributed by atoms with Gasteiger partial charge in [-0.1, -0.05) is 5.56 Å². The summed E-state index contributed by atoms with van der Waals surface area (Å²) in [6, 6.07) is 11.3. The van der Waals surface area contributed by atoms with Crippen molar-refractivity contribution in [3.8, 4) is 12.1 Å². The molecule has 0 aliphatic heterocycles. The molecule has 0 saturated heterocycles. The quantitative estimate of drug-likeness (QED) is 0.544. The standard InChI is InChI=1S/C8H3N2.2ClH.Pd/c9-5-7-3-1-2-4-8(7)6-10;;;/h1-3H;2*1H;/q-1;;;. The first-order chi connectivity index (χ1) is 4.88. The van der Waals surface area contributed by atoms with Crippen molar-refractivity contribution in [3.63, 3.8) is 0 Å². The van der Waals surface area contributed by atoms with Gasteiger partial charge >= 0.3 is 0 Å². The summed E-state index contributed by atoms with van der Waals surface area (Å²) in [6.07, 6.45) is 0. The molecule has 0 bridgehead atoms. The molecule has 0 unspecified atom stereocenters. The maximum absolute atomic E-state index is 8.43. The minimum absolute atomic E-state index is 0. The summed E-state index contributed by atoms with van der Waals surface area (Å²) in [5.41, 5.74) is 0.690. The van der Waals surface area contributed by atoms with Gasteiger partial charge in [0.2, 0.25) is 0 Å². The van der Waals surface area contributed by atoms with E-state index in [1.807, 2.05) is 12.1 Å². The first-order valence-corrected chi connectivity index (χ1v) is 2.69. The summed E-state index contributed by atoms with van der Waals surface area (Å²) in [4.78, 5) is 0. The summed E-state index contributed by atoms with van der Waals surface area (Å²) >= 11 is 0. The van der Waals surface area contributed by atoms with Gasteiger partial charge in [-0.2, -0.15) is 0 Å². The average molecular weight is 306 g/mol. The third kappa shape index (κ3) is 4.89. The van der Waals surface area contributed by atoms with Gasteiger partial charge in [0.25, 0.3) is 0 Å². The largest absolute Gasteiger partial charge is 0.262 e. The molecule has 0 aromatic heterocycles. The fourth-order valence-corrected chi connectivity index (χ4v) is 0.623. The SMILES string of the molecule is Cl.Cl.N#Cc1[c-]cccc1C#N.[Pd]. The third-order valence-electron chi connectivity index (χ3n) is 1.09. The molecule has 0 heterocycles. The molecule has 0 fully saturated rings. The fourth-order valence-electron chi connectivity index (χ4n) is 0.623. The van der Waals surface area contributed by atoms with Gasteiger partial charge in [0.05, 0.1) is 0 Å². The zero-order valence-corrected chi connectivity index (χ0v) is 9.45. The van der Waals surface area contributed by atoms with Crippen LogP contribution < -0.4 is 0 Å². The number of nitrogens with zero attached hydrogens (tertiary/aromatic N) is 2. The van der Waals surface area contributed by atoms with Gasteiger partial charge in [0.15, 0.2) is 0 Å². The van der Waals surface area contributed by atoms with Crippen LogP contribution in [0.4, 0.5) is 0 Å². The van der Waals surface area contributed by atoms with Gasteiger partial charge in [-0.05, 0) is 11.6 Å². The molecule has 0 atom stereocenters. The smallest absolute Gasteiger partial charge is 0.0481 e. The second-order valence-electron chi connectivity index (χ2n) is 1.68. The number of hydrogen-bond acceptors (Lipinski definition) is 2. The first kappa shape index (κ1) is 18.3. The van der Waals surface area contributed by atoms with Crippen molar-refractivity contribution in [1.82, 2.24) is 0 Å². The Balaban J connectivity index is -0.000000333. The molecule has 0 saturated carbocycles. The molecule has 1 rings (SSSR count). The summed E-state index contributed by atoms with van der Waals surface area (Å²) in [5, 5.41) is 16.8. The topological polar surface area (TPSA) is 47.6 Å². The van der Waals surface area contributed by atoms with Gasteiger partial charge < -0.3 is 0 Å². The third-order valence-corrected chi connectivity index (χ3v) is 1.09. The Kier molecular flexibility index (Phi) is 13.4. The van der Waals surface area contributed by atoms with Crippen molar-refractivity contribution < 1.29 is 20.4 Å². The Bertz CT molecular complexity index is 295.